The normalized spacial score (nSPS) is 16.4. The van der Waals surface area contributed by atoms with Gasteiger partial charge in [0.15, 0.2) is 0 Å². The number of hydrogen-bond acceptors (Lipinski definition) is 4. The zero-order valence-electron chi connectivity index (χ0n) is 13.8. The summed E-state index contributed by atoms with van der Waals surface area (Å²) in [7, 11) is 0. The van der Waals surface area contributed by atoms with E-state index < -0.39 is 12.0 Å². The second kappa shape index (κ2) is 7.72. The molecule has 0 radical (unpaired) electrons. The lowest BCUT2D eigenvalue weighted by molar-refractivity contribution is -0.154. The highest BCUT2D eigenvalue weighted by Crippen LogP contribution is 2.15. The third-order valence-corrected chi connectivity index (χ3v) is 3.63. The number of allylic oxidation sites excluding steroid dienone is 1. The topological polar surface area (TPSA) is 59.0 Å². The molecule has 0 saturated heterocycles. The molecule has 5 nitrogen and oxygen atoms in total. The number of aryl methyl sites for hydroxylation is 1. The highest BCUT2D eigenvalue weighted by Gasteiger charge is 2.29. The van der Waals surface area contributed by atoms with E-state index in [0.29, 0.717) is 12.8 Å². The van der Waals surface area contributed by atoms with Crippen LogP contribution < -0.4 is 0 Å². The maximum Gasteiger partial charge on any atom is 0.330 e. The molecule has 1 atom stereocenters. The second-order valence-corrected chi connectivity index (χ2v) is 5.50. The zero-order valence-corrected chi connectivity index (χ0v) is 13.8. The molecule has 0 aliphatic carbocycles. The minimum Gasteiger partial charge on any atom is -0.464 e. The summed E-state index contributed by atoms with van der Waals surface area (Å²) in [5, 5.41) is 5.54. The summed E-state index contributed by atoms with van der Waals surface area (Å²) in [6, 6.07) is 7.44. The van der Waals surface area contributed by atoms with Crippen LogP contribution >= 0.6 is 0 Å². The number of ether oxygens (including phenoxy) is 1. The van der Waals surface area contributed by atoms with Gasteiger partial charge in [0, 0.05) is 12.8 Å². The van der Waals surface area contributed by atoms with Gasteiger partial charge in [-0.3, -0.25) is 4.79 Å². The van der Waals surface area contributed by atoms with E-state index in [2.05, 4.69) is 5.10 Å². The van der Waals surface area contributed by atoms with Gasteiger partial charge >= 0.3 is 5.97 Å². The maximum absolute atomic E-state index is 12.0. The van der Waals surface area contributed by atoms with Crippen LogP contribution in [0.5, 0.6) is 0 Å². The predicted molar refractivity (Wildman–Crippen MR) is 89.8 cm³/mol. The van der Waals surface area contributed by atoms with Crippen LogP contribution in [0.1, 0.15) is 37.8 Å². The average Bonchev–Trinajstić information content (AvgIpc) is 2.55. The van der Waals surface area contributed by atoms with Crippen molar-refractivity contribution in [3.05, 3.63) is 41.5 Å². The van der Waals surface area contributed by atoms with Gasteiger partial charge in [-0.05, 0) is 32.4 Å². The van der Waals surface area contributed by atoms with Crippen molar-refractivity contribution < 1.29 is 14.3 Å². The third-order valence-electron chi connectivity index (χ3n) is 3.63. The summed E-state index contributed by atoms with van der Waals surface area (Å²) in [5.41, 5.74) is 3.05. The summed E-state index contributed by atoms with van der Waals surface area (Å²) in [4.78, 5) is 23.8. The molecule has 0 aromatic heterocycles. The summed E-state index contributed by atoms with van der Waals surface area (Å²) >= 11 is 0. The fourth-order valence-corrected chi connectivity index (χ4v) is 2.25. The van der Waals surface area contributed by atoms with Crippen molar-refractivity contribution in [2.75, 3.05) is 6.61 Å². The van der Waals surface area contributed by atoms with Gasteiger partial charge < -0.3 is 4.74 Å². The molecule has 5 heteroatoms. The van der Waals surface area contributed by atoms with Gasteiger partial charge in [0.25, 0.3) is 0 Å². The fourth-order valence-electron chi connectivity index (χ4n) is 2.25. The molecule has 0 unspecified atom stereocenters. The van der Waals surface area contributed by atoms with Gasteiger partial charge in [-0.1, -0.05) is 35.9 Å². The molecule has 0 N–H and O–H groups in total. The predicted octanol–water partition coefficient (Wildman–Crippen LogP) is 2.94. The number of carbonyl (C=O) groups excluding carboxylic acids is 2. The highest BCUT2D eigenvalue weighted by atomic mass is 16.5. The first-order valence-electron chi connectivity index (χ1n) is 7.82. The van der Waals surface area contributed by atoms with Crippen LogP contribution in [0.4, 0.5) is 0 Å². The first-order chi connectivity index (χ1) is 11.0. The Labute approximate surface area is 136 Å². The van der Waals surface area contributed by atoms with Gasteiger partial charge in [-0.2, -0.15) is 5.10 Å². The van der Waals surface area contributed by atoms with Gasteiger partial charge in [0.05, 0.1) is 12.3 Å². The third kappa shape index (κ3) is 4.52. The van der Waals surface area contributed by atoms with Crippen molar-refractivity contribution >= 4 is 23.7 Å². The Morgan fingerprint density at radius 3 is 2.65 bits per heavy atom. The number of esters is 1. The Kier molecular flexibility index (Phi) is 5.68. The molecule has 0 saturated carbocycles. The average molecular weight is 314 g/mol. The molecule has 23 heavy (non-hydrogen) atoms. The van der Waals surface area contributed by atoms with Crippen molar-refractivity contribution in [3.8, 4) is 0 Å². The number of carbonyl (C=O) groups is 2. The summed E-state index contributed by atoms with van der Waals surface area (Å²) in [6.07, 6.45) is 4.78. The van der Waals surface area contributed by atoms with Crippen molar-refractivity contribution in [3.63, 3.8) is 0 Å². The summed E-state index contributed by atoms with van der Waals surface area (Å²) in [6.45, 7) is 5.70. The second-order valence-electron chi connectivity index (χ2n) is 5.50. The monoisotopic (exact) mass is 314 g/mol. The quantitative estimate of drug-likeness (QED) is 0.785. The number of amides is 1. The van der Waals surface area contributed by atoms with Gasteiger partial charge in [-0.15, -0.1) is 0 Å². The molecule has 1 aliphatic heterocycles. The SMILES string of the molecule is CCOC(=O)[C@@H](C)N1N=C(/C=C/c2ccc(C)cc2)CCC1=O. The lowest BCUT2D eigenvalue weighted by Gasteiger charge is -2.26. The van der Waals surface area contributed by atoms with Crippen molar-refractivity contribution in [2.24, 2.45) is 5.10 Å². The molecular formula is C18H22N2O3. The standard InChI is InChI=1S/C18H22N2O3/c1-4-23-18(22)14(3)20-17(21)12-11-16(19-20)10-9-15-7-5-13(2)6-8-15/h5-10,14H,4,11-12H2,1-3H3/b10-9+/t14-/m1/s1. The van der Waals surface area contributed by atoms with Gasteiger partial charge in [-0.25, -0.2) is 9.80 Å². The Balaban J connectivity index is 2.12. The zero-order chi connectivity index (χ0) is 16.8. The minimum absolute atomic E-state index is 0.155. The lowest BCUT2D eigenvalue weighted by Crippen LogP contribution is -2.43. The Morgan fingerprint density at radius 2 is 2.00 bits per heavy atom. The molecule has 122 valence electrons. The van der Waals surface area contributed by atoms with E-state index >= 15 is 0 Å². The lowest BCUT2D eigenvalue weighted by atomic mass is 10.1. The van der Waals surface area contributed by atoms with Crippen LogP contribution in [-0.2, 0) is 14.3 Å². The van der Waals surface area contributed by atoms with Gasteiger partial charge in [0.2, 0.25) is 5.91 Å². The molecule has 1 aromatic rings. The molecular weight excluding hydrogens is 292 g/mol. The molecule has 0 bridgehead atoms. The van der Waals surface area contributed by atoms with E-state index in [9.17, 15) is 9.59 Å². The largest absolute Gasteiger partial charge is 0.464 e. The molecule has 0 spiro atoms. The molecule has 1 aromatic carbocycles. The molecule has 1 amide bonds. The van der Waals surface area contributed by atoms with Crippen molar-refractivity contribution in [1.82, 2.24) is 5.01 Å². The van der Waals surface area contributed by atoms with E-state index in [-0.39, 0.29) is 12.5 Å². The summed E-state index contributed by atoms with van der Waals surface area (Å²) < 4.78 is 4.96. The van der Waals surface area contributed by atoms with Crippen LogP contribution in [-0.4, -0.2) is 35.2 Å². The molecule has 2 rings (SSSR count). The van der Waals surface area contributed by atoms with Crippen LogP contribution in [0.3, 0.4) is 0 Å². The Bertz CT molecular complexity index is 632. The minimum atomic E-state index is -0.703. The van der Waals surface area contributed by atoms with E-state index in [1.54, 1.807) is 13.8 Å². The summed E-state index contributed by atoms with van der Waals surface area (Å²) in [5.74, 6) is -0.591. The van der Waals surface area contributed by atoms with E-state index in [1.807, 2.05) is 43.3 Å². The van der Waals surface area contributed by atoms with Crippen LogP contribution in [0.25, 0.3) is 6.08 Å². The number of benzene rings is 1. The smallest absolute Gasteiger partial charge is 0.330 e. The van der Waals surface area contributed by atoms with E-state index in [1.165, 1.54) is 10.6 Å². The maximum atomic E-state index is 12.0. The molecule has 0 fully saturated rings. The van der Waals surface area contributed by atoms with Crippen LogP contribution in [0, 0.1) is 6.92 Å². The Morgan fingerprint density at radius 1 is 1.30 bits per heavy atom. The van der Waals surface area contributed by atoms with E-state index in [0.717, 1.165) is 11.3 Å². The highest BCUT2D eigenvalue weighted by molar-refractivity contribution is 6.02. The molecule has 1 heterocycles. The molecule has 1 aliphatic rings. The Hall–Kier alpha value is -2.43. The number of hydrogen-bond donors (Lipinski definition) is 0. The van der Waals surface area contributed by atoms with Gasteiger partial charge in [0.1, 0.15) is 6.04 Å². The first kappa shape index (κ1) is 16.9. The fraction of sp³-hybridized carbons (Fsp3) is 0.389. The number of hydrazone groups is 1. The van der Waals surface area contributed by atoms with Crippen molar-refractivity contribution in [1.29, 1.82) is 0 Å². The van der Waals surface area contributed by atoms with E-state index in [4.69, 9.17) is 4.74 Å². The van der Waals surface area contributed by atoms with Crippen LogP contribution in [0.15, 0.2) is 35.4 Å². The number of rotatable bonds is 5. The van der Waals surface area contributed by atoms with Crippen molar-refractivity contribution in [2.45, 2.75) is 39.7 Å². The number of nitrogens with zero attached hydrogens (tertiary/aromatic N) is 2. The van der Waals surface area contributed by atoms with Crippen LogP contribution in [0.2, 0.25) is 0 Å². The first-order valence-corrected chi connectivity index (χ1v) is 7.82.